The molecule has 0 bridgehead atoms. The molecule has 1 aliphatic carbocycles. The van der Waals surface area contributed by atoms with E-state index in [1.807, 2.05) is 13.8 Å². The molecule has 2 aromatic heterocycles. The lowest BCUT2D eigenvalue weighted by Crippen LogP contribution is -2.30. The fourth-order valence-corrected chi connectivity index (χ4v) is 3.56. The first-order valence-corrected chi connectivity index (χ1v) is 9.02. The van der Waals surface area contributed by atoms with E-state index in [0.29, 0.717) is 36.2 Å². The van der Waals surface area contributed by atoms with E-state index in [1.165, 1.54) is 16.5 Å². The van der Waals surface area contributed by atoms with Crippen LogP contribution in [0.2, 0.25) is 0 Å². The van der Waals surface area contributed by atoms with Crippen molar-refractivity contribution >= 4 is 11.6 Å². The summed E-state index contributed by atoms with van der Waals surface area (Å²) >= 11 is 0. The Bertz CT molecular complexity index is 1080. The highest BCUT2D eigenvalue weighted by atomic mass is 19.1. The number of imidazole rings is 1. The van der Waals surface area contributed by atoms with Crippen LogP contribution >= 0.6 is 0 Å². The van der Waals surface area contributed by atoms with Gasteiger partial charge >= 0.3 is 11.7 Å². The maximum Gasteiger partial charge on any atom is 0.331 e. The van der Waals surface area contributed by atoms with Crippen LogP contribution in [0.25, 0.3) is 16.9 Å². The molecule has 0 saturated carbocycles. The molecule has 1 aliphatic rings. The number of hydrogen-bond acceptors (Lipinski definition) is 4. The first-order chi connectivity index (χ1) is 12.9. The van der Waals surface area contributed by atoms with Gasteiger partial charge in [0.1, 0.15) is 11.5 Å². The zero-order valence-electron chi connectivity index (χ0n) is 15.2. The van der Waals surface area contributed by atoms with Gasteiger partial charge in [0.2, 0.25) is 0 Å². The number of aryl methyl sites for hydroxylation is 1. The summed E-state index contributed by atoms with van der Waals surface area (Å²) in [5, 5.41) is 0. The molecule has 1 N–H and O–H groups in total. The molecule has 7 heteroatoms. The summed E-state index contributed by atoms with van der Waals surface area (Å²) in [6.45, 7) is 3.65. The molecular formula is C20H20FN3O3. The number of carbonyl (C=O) groups is 1. The van der Waals surface area contributed by atoms with Crippen molar-refractivity contribution in [3.05, 3.63) is 58.0 Å². The van der Waals surface area contributed by atoms with E-state index < -0.39 is 0 Å². The molecule has 0 saturated heterocycles. The van der Waals surface area contributed by atoms with Gasteiger partial charge in [-0.3, -0.25) is 9.20 Å². The average molecular weight is 369 g/mol. The van der Waals surface area contributed by atoms with Gasteiger partial charge in [0, 0.05) is 23.0 Å². The number of aromatic amines is 1. The number of halogens is 1. The van der Waals surface area contributed by atoms with Crippen molar-refractivity contribution in [3.8, 4) is 11.3 Å². The van der Waals surface area contributed by atoms with E-state index in [9.17, 15) is 14.0 Å². The van der Waals surface area contributed by atoms with Crippen LogP contribution < -0.4 is 5.69 Å². The van der Waals surface area contributed by atoms with Gasteiger partial charge in [0.25, 0.3) is 0 Å². The Balaban J connectivity index is 1.78. The molecule has 0 spiro atoms. The minimum Gasteiger partial charge on any atom is -0.463 e. The topological polar surface area (TPSA) is 76.5 Å². The highest BCUT2D eigenvalue weighted by molar-refractivity contribution is 5.74. The quantitative estimate of drug-likeness (QED) is 0.720. The standard InChI is InChI=1S/C20H20FN3O3/c1-11(2)27-19(25)13-6-7-16-15(9-13)18-22-17(10-24(18)20(26)23-16)12-4-3-5-14(21)8-12/h3-5,8,10-11,13H,6-7,9H2,1-2H3,(H,23,26). The number of carbonyl (C=O) groups excluding carboxylic acids is 1. The Labute approximate surface area is 155 Å². The summed E-state index contributed by atoms with van der Waals surface area (Å²) in [5.74, 6) is -0.849. The minimum atomic E-state index is -0.364. The van der Waals surface area contributed by atoms with Crippen LogP contribution in [-0.4, -0.2) is 26.4 Å². The van der Waals surface area contributed by atoms with Crippen LogP contribution in [0, 0.1) is 11.7 Å². The third-order valence-corrected chi connectivity index (χ3v) is 4.82. The van der Waals surface area contributed by atoms with Gasteiger partial charge in [-0.15, -0.1) is 0 Å². The molecule has 3 aromatic rings. The average Bonchev–Trinajstić information content (AvgIpc) is 3.07. The maximum absolute atomic E-state index is 13.6. The summed E-state index contributed by atoms with van der Waals surface area (Å²) in [5.41, 5.74) is 2.97. The number of benzene rings is 1. The predicted molar refractivity (Wildman–Crippen MR) is 97.9 cm³/mol. The van der Waals surface area contributed by atoms with Crippen LogP contribution in [0.15, 0.2) is 35.3 Å². The van der Waals surface area contributed by atoms with Gasteiger partial charge in [0.15, 0.2) is 0 Å². The summed E-state index contributed by atoms with van der Waals surface area (Å²) in [7, 11) is 0. The van der Waals surface area contributed by atoms with Crippen molar-refractivity contribution in [2.45, 2.75) is 39.2 Å². The molecule has 6 nitrogen and oxygen atoms in total. The lowest BCUT2D eigenvalue weighted by Gasteiger charge is -2.24. The first kappa shape index (κ1) is 17.5. The van der Waals surface area contributed by atoms with Gasteiger partial charge in [-0.2, -0.15) is 0 Å². The first-order valence-electron chi connectivity index (χ1n) is 9.02. The van der Waals surface area contributed by atoms with Crippen molar-refractivity contribution < 1.29 is 13.9 Å². The molecule has 27 heavy (non-hydrogen) atoms. The second-order valence-corrected chi connectivity index (χ2v) is 7.14. The predicted octanol–water partition coefficient (Wildman–Crippen LogP) is 2.89. The summed E-state index contributed by atoms with van der Waals surface area (Å²) in [6, 6.07) is 6.09. The van der Waals surface area contributed by atoms with Gasteiger partial charge < -0.3 is 9.72 Å². The number of ether oxygens (including phenoxy) is 1. The zero-order valence-corrected chi connectivity index (χ0v) is 15.2. The van der Waals surface area contributed by atoms with E-state index in [2.05, 4.69) is 9.97 Å². The lowest BCUT2D eigenvalue weighted by atomic mass is 9.87. The highest BCUT2D eigenvalue weighted by Gasteiger charge is 2.29. The van der Waals surface area contributed by atoms with Gasteiger partial charge in [-0.05, 0) is 45.2 Å². The van der Waals surface area contributed by atoms with E-state index in [1.54, 1.807) is 18.3 Å². The largest absolute Gasteiger partial charge is 0.463 e. The third kappa shape index (κ3) is 3.25. The van der Waals surface area contributed by atoms with Crippen molar-refractivity contribution in [2.24, 2.45) is 5.92 Å². The monoisotopic (exact) mass is 369 g/mol. The van der Waals surface area contributed by atoms with Crippen LogP contribution in [0.4, 0.5) is 4.39 Å². The molecule has 4 rings (SSSR count). The maximum atomic E-state index is 13.6. The molecule has 140 valence electrons. The van der Waals surface area contributed by atoms with Gasteiger partial charge in [-0.25, -0.2) is 14.2 Å². The van der Waals surface area contributed by atoms with E-state index in [4.69, 9.17) is 4.74 Å². The van der Waals surface area contributed by atoms with Crippen molar-refractivity contribution in [3.63, 3.8) is 0 Å². The Morgan fingerprint density at radius 1 is 1.41 bits per heavy atom. The number of esters is 1. The van der Waals surface area contributed by atoms with Crippen molar-refractivity contribution in [2.75, 3.05) is 0 Å². The summed E-state index contributed by atoms with van der Waals surface area (Å²) in [4.78, 5) is 32.2. The Hall–Kier alpha value is -2.96. The minimum absolute atomic E-state index is 0.166. The normalized spacial score (nSPS) is 16.5. The highest BCUT2D eigenvalue weighted by Crippen LogP contribution is 2.29. The molecule has 0 amide bonds. The van der Waals surface area contributed by atoms with Crippen LogP contribution in [0.3, 0.4) is 0 Å². The number of H-pyrrole nitrogens is 1. The third-order valence-electron chi connectivity index (χ3n) is 4.82. The SMILES string of the molecule is CC(C)OC(=O)C1CCc2[nH]c(=O)n3cc(-c4cccc(F)c4)nc3c2C1. The number of nitrogens with zero attached hydrogens (tertiary/aromatic N) is 2. The van der Waals surface area contributed by atoms with Crippen molar-refractivity contribution in [1.29, 1.82) is 0 Å². The molecule has 1 atom stereocenters. The molecule has 1 aromatic carbocycles. The van der Waals surface area contributed by atoms with Gasteiger partial charge in [0.05, 0.1) is 17.7 Å². The number of aromatic nitrogens is 3. The zero-order chi connectivity index (χ0) is 19.1. The van der Waals surface area contributed by atoms with E-state index in [-0.39, 0.29) is 29.5 Å². The smallest absolute Gasteiger partial charge is 0.331 e. The second kappa shape index (κ2) is 6.64. The van der Waals surface area contributed by atoms with E-state index >= 15 is 0 Å². The summed E-state index contributed by atoms with van der Waals surface area (Å²) < 4.78 is 20.3. The molecule has 1 unspecified atom stereocenters. The Morgan fingerprint density at radius 3 is 2.96 bits per heavy atom. The number of hydrogen-bond donors (Lipinski definition) is 1. The van der Waals surface area contributed by atoms with Crippen molar-refractivity contribution in [1.82, 2.24) is 14.4 Å². The molecule has 0 aliphatic heterocycles. The number of nitrogens with one attached hydrogen (secondary N) is 1. The molecule has 0 radical (unpaired) electrons. The molecular weight excluding hydrogens is 349 g/mol. The van der Waals surface area contributed by atoms with Crippen LogP contribution in [0.5, 0.6) is 0 Å². The Morgan fingerprint density at radius 2 is 2.22 bits per heavy atom. The molecule has 2 heterocycles. The molecule has 0 fully saturated rings. The number of rotatable bonds is 3. The Kier molecular flexibility index (Phi) is 4.30. The second-order valence-electron chi connectivity index (χ2n) is 7.14. The lowest BCUT2D eigenvalue weighted by molar-refractivity contribution is -0.152. The fourth-order valence-electron chi connectivity index (χ4n) is 3.56. The van der Waals surface area contributed by atoms with Gasteiger partial charge in [-0.1, -0.05) is 12.1 Å². The summed E-state index contributed by atoms with van der Waals surface area (Å²) in [6.07, 6.45) is 3.10. The van der Waals surface area contributed by atoms with Crippen LogP contribution in [0.1, 0.15) is 31.5 Å². The van der Waals surface area contributed by atoms with Crippen LogP contribution in [-0.2, 0) is 22.4 Å². The number of fused-ring (bicyclic) bond motifs is 3. The fraction of sp³-hybridized carbons (Fsp3) is 0.350. The van der Waals surface area contributed by atoms with E-state index in [0.717, 1.165) is 11.3 Å².